The second-order valence-corrected chi connectivity index (χ2v) is 5.96. The Morgan fingerprint density at radius 1 is 1.08 bits per heavy atom. The standard InChI is InChI=1S/C18H18F3N3O2/c1-13(25)23-8-10-24(11-9-23)15-6-7-22-17(12-15)14-2-4-16(5-3-14)26-18(19,20)21/h2-7,12H,8-11H2,1H3. The predicted octanol–water partition coefficient (Wildman–Crippen LogP) is 3.32. The van der Waals surface area contributed by atoms with Gasteiger partial charge in [-0.15, -0.1) is 13.2 Å². The number of aromatic nitrogens is 1. The lowest BCUT2D eigenvalue weighted by Crippen LogP contribution is -2.48. The third-order valence-electron chi connectivity index (χ3n) is 4.22. The highest BCUT2D eigenvalue weighted by molar-refractivity contribution is 5.73. The Hall–Kier alpha value is -2.77. The van der Waals surface area contributed by atoms with Crippen molar-refractivity contribution in [2.45, 2.75) is 13.3 Å². The van der Waals surface area contributed by atoms with Crippen LogP contribution in [-0.2, 0) is 4.79 Å². The summed E-state index contributed by atoms with van der Waals surface area (Å²) >= 11 is 0. The molecule has 2 aromatic rings. The first-order chi connectivity index (χ1) is 12.3. The number of alkyl halides is 3. The van der Waals surface area contributed by atoms with Crippen LogP contribution in [0.15, 0.2) is 42.6 Å². The van der Waals surface area contributed by atoms with Gasteiger partial charge in [-0.05, 0) is 36.4 Å². The van der Waals surface area contributed by atoms with Crippen molar-refractivity contribution in [3.05, 3.63) is 42.6 Å². The average Bonchev–Trinajstić information content (AvgIpc) is 2.61. The molecule has 5 nitrogen and oxygen atoms in total. The van der Waals surface area contributed by atoms with Crippen LogP contribution in [-0.4, -0.2) is 48.3 Å². The van der Waals surface area contributed by atoms with Crippen molar-refractivity contribution < 1.29 is 22.7 Å². The molecule has 138 valence electrons. The summed E-state index contributed by atoms with van der Waals surface area (Å²) in [6.07, 6.45) is -3.04. The van der Waals surface area contributed by atoms with E-state index in [-0.39, 0.29) is 11.7 Å². The van der Waals surface area contributed by atoms with E-state index in [1.807, 2.05) is 12.1 Å². The number of pyridine rings is 1. The van der Waals surface area contributed by atoms with Gasteiger partial charge in [-0.2, -0.15) is 0 Å². The summed E-state index contributed by atoms with van der Waals surface area (Å²) in [6, 6.07) is 9.39. The molecule has 26 heavy (non-hydrogen) atoms. The van der Waals surface area contributed by atoms with Crippen LogP contribution >= 0.6 is 0 Å². The van der Waals surface area contributed by atoms with Crippen molar-refractivity contribution in [1.82, 2.24) is 9.88 Å². The van der Waals surface area contributed by atoms with Crippen LogP contribution in [0.2, 0.25) is 0 Å². The number of carbonyl (C=O) groups is 1. The molecule has 1 amide bonds. The molecular weight excluding hydrogens is 347 g/mol. The molecule has 8 heteroatoms. The fourth-order valence-corrected chi connectivity index (χ4v) is 2.88. The summed E-state index contributed by atoms with van der Waals surface area (Å²) in [5, 5.41) is 0. The number of amides is 1. The van der Waals surface area contributed by atoms with Gasteiger partial charge >= 0.3 is 6.36 Å². The number of hydrogen-bond acceptors (Lipinski definition) is 4. The molecule has 1 saturated heterocycles. The first kappa shape index (κ1) is 18.0. The number of ether oxygens (including phenoxy) is 1. The van der Waals surface area contributed by atoms with E-state index in [1.54, 1.807) is 30.2 Å². The van der Waals surface area contributed by atoms with Crippen molar-refractivity contribution in [3.8, 4) is 17.0 Å². The fraction of sp³-hybridized carbons (Fsp3) is 0.333. The first-order valence-electron chi connectivity index (χ1n) is 8.14. The Bertz CT molecular complexity index is 770. The molecule has 0 N–H and O–H groups in total. The minimum absolute atomic E-state index is 0.0706. The number of hydrogen-bond donors (Lipinski definition) is 0. The molecule has 0 spiro atoms. The zero-order chi connectivity index (χ0) is 18.7. The molecule has 2 heterocycles. The van der Waals surface area contributed by atoms with Gasteiger partial charge < -0.3 is 14.5 Å². The lowest BCUT2D eigenvalue weighted by molar-refractivity contribution is -0.274. The van der Waals surface area contributed by atoms with Gasteiger partial charge in [-0.3, -0.25) is 9.78 Å². The van der Waals surface area contributed by atoms with E-state index in [0.29, 0.717) is 24.3 Å². The second-order valence-electron chi connectivity index (χ2n) is 5.96. The molecule has 1 aliphatic heterocycles. The third-order valence-corrected chi connectivity index (χ3v) is 4.22. The summed E-state index contributed by atoms with van der Waals surface area (Å²) in [4.78, 5) is 19.7. The average molecular weight is 365 g/mol. The fourth-order valence-electron chi connectivity index (χ4n) is 2.88. The van der Waals surface area contributed by atoms with Crippen molar-refractivity contribution in [2.24, 2.45) is 0 Å². The number of carbonyl (C=O) groups excluding carboxylic acids is 1. The zero-order valence-corrected chi connectivity index (χ0v) is 14.2. The van der Waals surface area contributed by atoms with Gasteiger partial charge in [0.25, 0.3) is 0 Å². The van der Waals surface area contributed by atoms with E-state index in [4.69, 9.17) is 0 Å². The maximum absolute atomic E-state index is 12.2. The van der Waals surface area contributed by atoms with Crippen LogP contribution in [0.1, 0.15) is 6.92 Å². The molecule has 0 radical (unpaired) electrons. The third kappa shape index (κ3) is 4.44. The van der Waals surface area contributed by atoms with Crippen molar-refractivity contribution >= 4 is 11.6 Å². The van der Waals surface area contributed by atoms with Crippen LogP contribution < -0.4 is 9.64 Å². The van der Waals surface area contributed by atoms with Gasteiger partial charge in [0, 0.05) is 50.6 Å². The smallest absolute Gasteiger partial charge is 0.406 e. The Kier molecular flexibility index (Phi) is 5.01. The molecule has 1 aliphatic rings. The summed E-state index contributed by atoms with van der Waals surface area (Å²) in [5.74, 6) is -0.195. The van der Waals surface area contributed by atoms with Crippen LogP contribution in [0.5, 0.6) is 5.75 Å². The Morgan fingerprint density at radius 3 is 2.31 bits per heavy atom. The lowest BCUT2D eigenvalue weighted by Gasteiger charge is -2.35. The zero-order valence-electron chi connectivity index (χ0n) is 14.2. The highest BCUT2D eigenvalue weighted by Gasteiger charge is 2.31. The van der Waals surface area contributed by atoms with Crippen LogP contribution in [0.25, 0.3) is 11.3 Å². The molecule has 0 unspecified atom stereocenters. The first-order valence-corrected chi connectivity index (χ1v) is 8.14. The number of rotatable bonds is 3. The number of anilines is 1. The van der Waals surface area contributed by atoms with Gasteiger partial charge in [-0.1, -0.05) is 0 Å². The van der Waals surface area contributed by atoms with Gasteiger partial charge in [0.05, 0.1) is 5.69 Å². The van der Waals surface area contributed by atoms with Crippen LogP contribution in [0.4, 0.5) is 18.9 Å². The summed E-state index contributed by atoms with van der Waals surface area (Å²) in [7, 11) is 0. The molecule has 3 rings (SSSR count). The van der Waals surface area contributed by atoms with Gasteiger partial charge in [0.1, 0.15) is 5.75 Å². The van der Waals surface area contributed by atoms with E-state index in [9.17, 15) is 18.0 Å². The SMILES string of the molecule is CC(=O)N1CCN(c2ccnc(-c3ccc(OC(F)(F)F)cc3)c2)CC1. The summed E-state index contributed by atoms with van der Waals surface area (Å²) in [5.41, 5.74) is 2.33. The molecular formula is C18H18F3N3O2. The maximum Gasteiger partial charge on any atom is 0.573 e. The Balaban J connectivity index is 1.72. The summed E-state index contributed by atoms with van der Waals surface area (Å²) < 4.78 is 40.6. The number of halogens is 3. The van der Waals surface area contributed by atoms with E-state index >= 15 is 0 Å². The normalized spacial score (nSPS) is 15.1. The molecule has 0 atom stereocenters. The maximum atomic E-state index is 12.2. The number of benzene rings is 1. The van der Waals surface area contributed by atoms with E-state index in [2.05, 4.69) is 14.6 Å². The Labute approximate surface area is 149 Å². The Morgan fingerprint density at radius 2 is 1.73 bits per heavy atom. The molecule has 0 aliphatic carbocycles. The minimum atomic E-state index is -4.71. The number of piperazine rings is 1. The molecule has 1 aromatic heterocycles. The van der Waals surface area contributed by atoms with Crippen LogP contribution in [0, 0.1) is 0 Å². The monoisotopic (exact) mass is 365 g/mol. The molecule has 0 saturated carbocycles. The van der Waals surface area contributed by atoms with Crippen molar-refractivity contribution in [1.29, 1.82) is 0 Å². The predicted molar refractivity (Wildman–Crippen MR) is 90.8 cm³/mol. The quantitative estimate of drug-likeness (QED) is 0.837. The topological polar surface area (TPSA) is 45.7 Å². The van der Waals surface area contributed by atoms with Gasteiger partial charge in [0.15, 0.2) is 0 Å². The number of nitrogens with zero attached hydrogens (tertiary/aromatic N) is 3. The highest BCUT2D eigenvalue weighted by atomic mass is 19.4. The highest BCUT2D eigenvalue weighted by Crippen LogP contribution is 2.27. The summed E-state index contributed by atoms with van der Waals surface area (Å²) in [6.45, 7) is 4.34. The van der Waals surface area contributed by atoms with Gasteiger partial charge in [0.2, 0.25) is 5.91 Å². The van der Waals surface area contributed by atoms with E-state index < -0.39 is 6.36 Å². The van der Waals surface area contributed by atoms with E-state index in [0.717, 1.165) is 18.8 Å². The van der Waals surface area contributed by atoms with Crippen LogP contribution in [0.3, 0.4) is 0 Å². The molecule has 0 bridgehead atoms. The largest absolute Gasteiger partial charge is 0.573 e. The van der Waals surface area contributed by atoms with Gasteiger partial charge in [-0.25, -0.2) is 0 Å². The molecule has 1 fully saturated rings. The molecule has 1 aromatic carbocycles. The van der Waals surface area contributed by atoms with Crippen molar-refractivity contribution in [3.63, 3.8) is 0 Å². The minimum Gasteiger partial charge on any atom is -0.406 e. The lowest BCUT2D eigenvalue weighted by atomic mass is 10.1. The second kappa shape index (κ2) is 7.23. The van der Waals surface area contributed by atoms with Crippen molar-refractivity contribution in [2.75, 3.05) is 31.1 Å². The van der Waals surface area contributed by atoms with E-state index in [1.165, 1.54) is 12.1 Å².